The van der Waals surface area contributed by atoms with E-state index in [2.05, 4.69) is 11.8 Å². The van der Waals surface area contributed by atoms with E-state index in [1.165, 1.54) is 32.1 Å². The summed E-state index contributed by atoms with van der Waals surface area (Å²) in [5.74, 6) is 6.22. The van der Waals surface area contributed by atoms with Gasteiger partial charge in [-0.15, -0.1) is 5.92 Å². The fourth-order valence-electron chi connectivity index (χ4n) is 2.97. The van der Waals surface area contributed by atoms with Crippen molar-refractivity contribution in [1.82, 2.24) is 0 Å². The maximum absolute atomic E-state index is 10.9. The molecule has 0 bridgehead atoms. The number of benzene rings is 1. The van der Waals surface area contributed by atoms with E-state index in [-0.39, 0.29) is 12.3 Å². The topological polar surface area (TPSA) is 46.5 Å². The zero-order chi connectivity index (χ0) is 15.8. The summed E-state index contributed by atoms with van der Waals surface area (Å²) in [5.41, 5.74) is 0.932. The lowest BCUT2D eigenvalue weighted by atomic mass is 9.90. The normalized spacial score (nSPS) is 16.4. The molecule has 1 fully saturated rings. The molecule has 0 amide bonds. The van der Waals surface area contributed by atoms with Crippen molar-refractivity contribution in [2.45, 2.75) is 51.4 Å². The van der Waals surface area contributed by atoms with E-state index in [4.69, 9.17) is 9.84 Å². The molecule has 0 radical (unpaired) electrons. The van der Waals surface area contributed by atoms with Gasteiger partial charge >= 0.3 is 5.97 Å². The van der Waals surface area contributed by atoms with Gasteiger partial charge in [0.05, 0.1) is 18.9 Å². The molecule has 0 saturated heterocycles. The van der Waals surface area contributed by atoms with Crippen LogP contribution in [0.3, 0.4) is 0 Å². The van der Waals surface area contributed by atoms with E-state index >= 15 is 0 Å². The molecule has 22 heavy (non-hydrogen) atoms. The average molecular weight is 300 g/mol. The number of hydrogen-bond donors (Lipinski definition) is 1. The van der Waals surface area contributed by atoms with Gasteiger partial charge in [-0.1, -0.05) is 37.3 Å². The molecule has 1 aliphatic rings. The third kappa shape index (κ3) is 5.11. The van der Waals surface area contributed by atoms with Crippen LogP contribution in [0.5, 0.6) is 5.75 Å². The van der Waals surface area contributed by atoms with Gasteiger partial charge in [-0.2, -0.15) is 0 Å². The van der Waals surface area contributed by atoms with Crippen LogP contribution < -0.4 is 4.74 Å². The first kappa shape index (κ1) is 16.4. The molecule has 1 aromatic rings. The van der Waals surface area contributed by atoms with Gasteiger partial charge in [0.2, 0.25) is 0 Å². The largest absolute Gasteiger partial charge is 0.493 e. The van der Waals surface area contributed by atoms with Gasteiger partial charge < -0.3 is 9.84 Å². The van der Waals surface area contributed by atoms with Crippen LogP contribution >= 0.6 is 0 Å². The van der Waals surface area contributed by atoms with E-state index in [1.807, 2.05) is 24.3 Å². The number of aliphatic carboxylic acids is 1. The lowest BCUT2D eigenvalue weighted by Gasteiger charge is -2.21. The molecule has 1 atom stereocenters. The summed E-state index contributed by atoms with van der Waals surface area (Å²) in [7, 11) is 0. The molecule has 3 nitrogen and oxygen atoms in total. The smallest absolute Gasteiger partial charge is 0.304 e. The summed E-state index contributed by atoms with van der Waals surface area (Å²) < 4.78 is 5.87. The number of carboxylic acids is 1. The lowest BCUT2D eigenvalue weighted by molar-refractivity contribution is -0.137. The van der Waals surface area contributed by atoms with Crippen molar-refractivity contribution in [3.05, 3.63) is 29.8 Å². The Kier molecular flexibility index (Phi) is 6.33. The summed E-state index contributed by atoms with van der Waals surface area (Å²) in [4.78, 5) is 10.9. The summed E-state index contributed by atoms with van der Waals surface area (Å²) in [5, 5.41) is 8.96. The molecule has 1 aliphatic carbocycles. The average Bonchev–Trinajstić information content (AvgIpc) is 2.54. The molecular formula is C19H24O3. The summed E-state index contributed by atoms with van der Waals surface area (Å²) >= 11 is 0. The molecule has 0 aliphatic heterocycles. The standard InChI is InChI=1S/C19H24O3/c1-2-6-17(13-19(20)21)16-9-11-18(12-10-16)22-14-15-7-4-3-5-8-15/h9-12,15,17H,3-5,7-8,13-14H2,1H3,(H,20,21)/t17-/m1/s1. The number of carboxylic acid groups (broad SMARTS) is 1. The fraction of sp³-hybridized carbons (Fsp3) is 0.526. The van der Waals surface area contributed by atoms with Crippen LogP contribution in [0.1, 0.15) is 56.9 Å². The van der Waals surface area contributed by atoms with Crippen LogP contribution in [0.2, 0.25) is 0 Å². The zero-order valence-corrected chi connectivity index (χ0v) is 13.2. The van der Waals surface area contributed by atoms with Crippen molar-refractivity contribution in [2.75, 3.05) is 6.61 Å². The predicted molar refractivity (Wildman–Crippen MR) is 87.0 cm³/mol. The summed E-state index contributed by atoms with van der Waals surface area (Å²) in [6.07, 6.45) is 6.56. The second kappa shape index (κ2) is 8.48. The van der Waals surface area contributed by atoms with Crippen LogP contribution in [0.4, 0.5) is 0 Å². The minimum Gasteiger partial charge on any atom is -0.493 e. The molecule has 0 aromatic heterocycles. The van der Waals surface area contributed by atoms with E-state index in [9.17, 15) is 4.79 Å². The molecule has 1 N–H and O–H groups in total. The first-order valence-electron chi connectivity index (χ1n) is 8.06. The molecule has 0 spiro atoms. The van der Waals surface area contributed by atoms with E-state index < -0.39 is 5.97 Å². The molecule has 0 heterocycles. The highest BCUT2D eigenvalue weighted by molar-refractivity contribution is 5.69. The van der Waals surface area contributed by atoms with E-state index in [0.717, 1.165) is 17.9 Å². The van der Waals surface area contributed by atoms with Gasteiger partial charge in [0.1, 0.15) is 5.75 Å². The van der Waals surface area contributed by atoms with Gasteiger partial charge in [-0.3, -0.25) is 4.79 Å². The molecule has 118 valence electrons. The molecule has 1 aromatic carbocycles. The SMILES string of the molecule is CC#C[C@H](CC(=O)O)c1ccc(OCC2CCCCC2)cc1. The van der Waals surface area contributed by atoms with Gasteiger partial charge in [-0.05, 0) is 43.4 Å². The van der Waals surface area contributed by atoms with Crippen molar-refractivity contribution in [1.29, 1.82) is 0 Å². The Labute approximate surface area is 132 Å². The van der Waals surface area contributed by atoms with Crippen LogP contribution in [0.25, 0.3) is 0 Å². The molecule has 1 saturated carbocycles. The van der Waals surface area contributed by atoms with Gasteiger partial charge in [0.15, 0.2) is 0 Å². The van der Waals surface area contributed by atoms with Gasteiger partial charge in [-0.25, -0.2) is 0 Å². The van der Waals surface area contributed by atoms with Crippen LogP contribution in [0, 0.1) is 17.8 Å². The zero-order valence-electron chi connectivity index (χ0n) is 13.2. The minimum atomic E-state index is -0.828. The Hall–Kier alpha value is -1.95. The molecule has 0 unspecified atom stereocenters. The monoisotopic (exact) mass is 300 g/mol. The molecular weight excluding hydrogens is 276 g/mol. The Bertz CT molecular complexity index is 530. The molecule has 3 heteroatoms. The Morgan fingerprint density at radius 3 is 2.55 bits per heavy atom. The van der Waals surface area contributed by atoms with Crippen molar-refractivity contribution >= 4 is 5.97 Å². The fourth-order valence-corrected chi connectivity index (χ4v) is 2.97. The second-order valence-electron chi connectivity index (χ2n) is 5.93. The number of carbonyl (C=O) groups is 1. The summed E-state index contributed by atoms with van der Waals surface area (Å²) in [6.45, 7) is 2.52. The third-order valence-electron chi connectivity index (χ3n) is 4.19. The van der Waals surface area contributed by atoms with Crippen LogP contribution in [0.15, 0.2) is 24.3 Å². The first-order chi connectivity index (χ1) is 10.7. The minimum absolute atomic E-state index is 0.0309. The number of rotatable bonds is 6. The lowest BCUT2D eigenvalue weighted by Crippen LogP contribution is -2.15. The highest BCUT2D eigenvalue weighted by Crippen LogP contribution is 2.26. The van der Waals surface area contributed by atoms with Gasteiger partial charge in [0, 0.05) is 0 Å². The predicted octanol–water partition coefficient (Wildman–Crippen LogP) is 4.23. The second-order valence-corrected chi connectivity index (χ2v) is 5.93. The van der Waals surface area contributed by atoms with Crippen LogP contribution in [-0.2, 0) is 4.79 Å². The van der Waals surface area contributed by atoms with Crippen molar-refractivity contribution in [3.63, 3.8) is 0 Å². The number of hydrogen-bond acceptors (Lipinski definition) is 2. The first-order valence-corrected chi connectivity index (χ1v) is 8.06. The summed E-state index contributed by atoms with van der Waals surface area (Å²) in [6, 6.07) is 7.69. The van der Waals surface area contributed by atoms with E-state index in [0.29, 0.717) is 5.92 Å². The van der Waals surface area contributed by atoms with Crippen molar-refractivity contribution < 1.29 is 14.6 Å². The molecule has 2 rings (SSSR count). The van der Waals surface area contributed by atoms with Crippen LogP contribution in [-0.4, -0.2) is 17.7 Å². The highest BCUT2D eigenvalue weighted by atomic mass is 16.5. The quantitative estimate of drug-likeness (QED) is 0.800. The maximum atomic E-state index is 10.9. The number of ether oxygens (including phenoxy) is 1. The van der Waals surface area contributed by atoms with Gasteiger partial charge in [0.25, 0.3) is 0 Å². The Morgan fingerprint density at radius 2 is 1.95 bits per heavy atom. The highest BCUT2D eigenvalue weighted by Gasteiger charge is 2.15. The third-order valence-corrected chi connectivity index (χ3v) is 4.19. The Balaban J connectivity index is 1.92. The van der Waals surface area contributed by atoms with Crippen molar-refractivity contribution in [2.24, 2.45) is 5.92 Å². The van der Waals surface area contributed by atoms with Crippen molar-refractivity contribution in [3.8, 4) is 17.6 Å². The van der Waals surface area contributed by atoms with E-state index in [1.54, 1.807) is 6.92 Å². The maximum Gasteiger partial charge on any atom is 0.304 e. The Morgan fingerprint density at radius 1 is 1.27 bits per heavy atom.